The van der Waals surface area contributed by atoms with Crippen molar-refractivity contribution in [3.05, 3.63) is 29.3 Å². The van der Waals surface area contributed by atoms with Gasteiger partial charge in [-0.1, -0.05) is 26.0 Å². The molecule has 1 atom stereocenters. The van der Waals surface area contributed by atoms with E-state index >= 15 is 0 Å². The van der Waals surface area contributed by atoms with Gasteiger partial charge in [-0.15, -0.1) is 11.6 Å². The van der Waals surface area contributed by atoms with Crippen LogP contribution >= 0.6 is 11.6 Å². The second-order valence-electron chi connectivity index (χ2n) is 4.45. The predicted molar refractivity (Wildman–Crippen MR) is 69.7 cm³/mol. The number of aryl methyl sites for hydroxylation is 1. The van der Waals surface area contributed by atoms with Gasteiger partial charge in [-0.25, -0.2) is 0 Å². The number of para-hydroxylation sites is 1. The van der Waals surface area contributed by atoms with Crippen LogP contribution in [0.3, 0.4) is 0 Å². The molecular formula is C13H18ClNO2. The molecule has 1 amide bonds. The van der Waals surface area contributed by atoms with Crippen LogP contribution in [0.5, 0.6) is 5.75 Å². The second kappa shape index (κ2) is 5.92. The second-order valence-corrected chi connectivity index (χ2v) is 4.76. The van der Waals surface area contributed by atoms with Gasteiger partial charge in [-0.05, 0) is 24.5 Å². The van der Waals surface area contributed by atoms with Crippen molar-refractivity contribution in [2.45, 2.75) is 26.8 Å². The summed E-state index contributed by atoms with van der Waals surface area (Å²) in [5.41, 5.74) is 0.977. The van der Waals surface area contributed by atoms with Crippen LogP contribution in [0, 0.1) is 12.8 Å². The Labute approximate surface area is 107 Å². The van der Waals surface area contributed by atoms with Crippen LogP contribution in [0.1, 0.15) is 29.8 Å². The highest BCUT2D eigenvalue weighted by Gasteiger charge is 2.18. The third-order valence-electron chi connectivity index (χ3n) is 2.77. The summed E-state index contributed by atoms with van der Waals surface area (Å²) in [5.74, 6) is 0.353. The molecule has 94 valence electrons. The molecule has 1 aromatic carbocycles. The minimum absolute atomic E-state index is 0.0297. The number of aromatic hydroxyl groups is 1. The summed E-state index contributed by atoms with van der Waals surface area (Å²) in [7, 11) is 0. The molecule has 0 heterocycles. The Morgan fingerprint density at radius 3 is 2.65 bits per heavy atom. The molecule has 0 radical (unpaired) electrons. The zero-order valence-corrected chi connectivity index (χ0v) is 11.1. The summed E-state index contributed by atoms with van der Waals surface area (Å²) < 4.78 is 0. The Morgan fingerprint density at radius 1 is 1.47 bits per heavy atom. The molecule has 0 bridgehead atoms. The number of benzene rings is 1. The molecule has 0 saturated carbocycles. The molecule has 3 nitrogen and oxygen atoms in total. The maximum atomic E-state index is 12.0. The Morgan fingerprint density at radius 2 is 2.12 bits per heavy atom. The molecule has 0 saturated heterocycles. The monoisotopic (exact) mass is 255 g/mol. The molecule has 17 heavy (non-hydrogen) atoms. The van der Waals surface area contributed by atoms with Gasteiger partial charge in [0.05, 0.1) is 5.56 Å². The first-order valence-corrected chi connectivity index (χ1v) is 6.16. The smallest absolute Gasteiger partial charge is 0.255 e. The van der Waals surface area contributed by atoms with Crippen molar-refractivity contribution in [2.75, 3.05) is 5.88 Å². The average molecular weight is 256 g/mol. The first-order valence-electron chi connectivity index (χ1n) is 5.62. The number of phenolic OH excluding ortho intramolecular Hbond substituents is 1. The van der Waals surface area contributed by atoms with Crippen molar-refractivity contribution in [3.63, 3.8) is 0 Å². The Bertz CT molecular complexity index is 404. The van der Waals surface area contributed by atoms with Crippen molar-refractivity contribution < 1.29 is 9.90 Å². The topological polar surface area (TPSA) is 49.3 Å². The van der Waals surface area contributed by atoms with E-state index < -0.39 is 0 Å². The minimum atomic E-state index is -0.287. The molecule has 0 aliphatic heterocycles. The lowest BCUT2D eigenvalue weighted by atomic mass is 10.0. The van der Waals surface area contributed by atoms with Crippen LogP contribution in [0.4, 0.5) is 0 Å². The van der Waals surface area contributed by atoms with Crippen LogP contribution in [0.25, 0.3) is 0 Å². The molecule has 1 unspecified atom stereocenters. The summed E-state index contributed by atoms with van der Waals surface area (Å²) >= 11 is 5.79. The van der Waals surface area contributed by atoms with Gasteiger partial charge in [-0.2, -0.15) is 0 Å². The number of nitrogens with one attached hydrogen (secondary N) is 1. The fraction of sp³-hybridized carbons (Fsp3) is 0.462. The van der Waals surface area contributed by atoms with Gasteiger partial charge in [0.2, 0.25) is 0 Å². The van der Waals surface area contributed by atoms with Gasteiger partial charge in [-0.3, -0.25) is 4.79 Å². The molecule has 2 N–H and O–H groups in total. The van der Waals surface area contributed by atoms with Crippen molar-refractivity contribution in [3.8, 4) is 5.75 Å². The van der Waals surface area contributed by atoms with Crippen molar-refractivity contribution >= 4 is 17.5 Å². The van der Waals surface area contributed by atoms with Crippen molar-refractivity contribution in [2.24, 2.45) is 5.92 Å². The van der Waals surface area contributed by atoms with E-state index in [-0.39, 0.29) is 23.6 Å². The van der Waals surface area contributed by atoms with Crippen LogP contribution in [0.2, 0.25) is 0 Å². The van der Waals surface area contributed by atoms with E-state index in [2.05, 4.69) is 5.32 Å². The lowest BCUT2D eigenvalue weighted by Crippen LogP contribution is -2.39. The highest BCUT2D eigenvalue weighted by atomic mass is 35.5. The molecule has 1 aromatic rings. The van der Waals surface area contributed by atoms with Gasteiger partial charge in [0.25, 0.3) is 5.91 Å². The number of rotatable bonds is 4. The Kier molecular flexibility index (Phi) is 4.82. The maximum Gasteiger partial charge on any atom is 0.255 e. The summed E-state index contributed by atoms with van der Waals surface area (Å²) in [6.45, 7) is 5.74. The van der Waals surface area contributed by atoms with E-state index in [0.29, 0.717) is 17.0 Å². The normalized spacial score (nSPS) is 12.5. The van der Waals surface area contributed by atoms with Crippen LogP contribution in [0.15, 0.2) is 18.2 Å². The van der Waals surface area contributed by atoms with Gasteiger partial charge < -0.3 is 10.4 Å². The first kappa shape index (κ1) is 13.8. The number of alkyl halides is 1. The van der Waals surface area contributed by atoms with E-state index in [1.165, 1.54) is 0 Å². The van der Waals surface area contributed by atoms with Gasteiger partial charge >= 0.3 is 0 Å². The third-order valence-corrected chi connectivity index (χ3v) is 3.10. The standard InChI is InChI=1S/C13H18ClNO2/c1-8(2)11(7-14)15-13(17)10-6-4-5-9(3)12(10)16/h4-6,8,11,16H,7H2,1-3H3,(H,15,17). The Hall–Kier alpha value is -1.22. The van der Waals surface area contributed by atoms with Crippen LogP contribution in [-0.2, 0) is 0 Å². The summed E-state index contributed by atoms with van der Waals surface area (Å²) in [4.78, 5) is 12.0. The highest BCUT2D eigenvalue weighted by molar-refractivity contribution is 6.18. The molecule has 4 heteroatoms. The van der Waals surface area contributed by atoms with E-state index in [4.69, 9.17) is 11.6 Å². The summed E-state index contributed by atoms with van der Waals surface area (Å²) in [6, 6.07) is 5.01. The molecule has 1 rings (SSSR count). The number of amides is 1. The Balaban J connectivity index is 2.86. The van der Waals surface area contributed by atoms with Gasteiger partial charge in [0.15, 0.2) is 0 Å². The van der Waals surface area contributed by atoms with E-state index in [0.717, 1.165) is 0 Å². The lowest BCUT2D eigenvalue weighted by Gasteiger charge is -2.20. The van der Waals surface area contributed by atoms with Crippen LogP contribution < -0.4 is 5.32 Å². The van der Waals surface area contributed by atoms with Gasteiger partial charge in [0.1, 0.15) is 5.75 Å². The number of carbonyl (C=O) groups is 1. The number of carbonyl (C=O) groups excluding carboxylic acids is 1. The number of hydrogen-bond donors (Lipinski definition) is 2. The quantitative estimate of drug-likeness (QED) is 0.813. The fourth-order valence-electron chi connectivity index (χ4n) is 1.47. The summed E-state index contributed by atoms with van der Waals surface area (Å²) in [5, 5.41) is 12.6. The molecule has 0 fully saturated rings. The van der Waals surface area contributed by atoms with Crippen LogP contribution in [-0.4, -0.2) is 22.9 Å². The highest BCUT2D eigenvalue weighted by Crippen LogP contribution is 2.21. The minimum Gasteiger partial charge on any atom is -0.507 e. The zero-order chi connectivity index (χ0) is 13.0. The predicted octanol–water partition coefficient (Wildman–Crippen LogP) is 2.69. The third kappa shape index (κ3) is 3.37. The number of phenols is 1. The molecule has 0 aliphatic carbocycles. The van der Waals surface area contributed by atoms with Crippen molar-refractivity contribution in [1.82, 2.24) is 5.32 Å². The SMILES string of the molecule is Cc1cccc(C(=O)NC(CCl)C(C)C)c1O. The van der Waals surface area contributed by atoms with E-state index in [9.17, 15) is 9.90 Å². The fourth-order valence-corrected chi connectivity index (χ4v) is 1.91. The largest absolute Gasteiger partial charge is 0.507 e. The van der Waals surface area contributed by atoms with E-state index in [1.54, 1.807) is 25.1 Å². The molecule has 0 aromatic heterocycles. The van der Waals surface area contributed by atoms with E-state index in [1.807, 2.05) is 13.8 Å². The lowest BCUT2D eigenvalue weighted by molar-refractivity contribution is 0.0928. The molecular weight excluding hydrogens is 238 g/mol. The zero-order valence-electron chi connectivity index (χ0n) is 10.3. The maximum absolute atomic E-state index is 12.0. The number of hydrogen-bond acceptors (Lipinski definition) is 2. The van der Waals surface area contributed by atoms with Gasteiger partial charge in [0, 0.05) is 11.9 Å². The van der Waals surface area contributed by atoms with Crippen molar-refractivity contribution in [1.29, 1.82) is 0 Å². The molecule has 0 aliphatic rings. The number of halogens is 1. The first-order chi connectivity index (χ1) is 7.97. The molecule has 0 spiro atoms. The average Bonchev–Trinajstić information content (AvgIpc) is 2.28. The summed E-state index contributed by atoms with van der Waals surface area (Å²) in [6.07, 6.45) is 0.